The van der Waals surface area contributed by atoms with Crippen LogP contribution in [0.25, 0.3) is 11.3 Å². The third-order valence-corrected chi connectivity index (χ3v) is 4.19. The molecule has 0 aromatic carbocycles. The van der Waals surface area contributed by atoms with Gasteiger partial charge in [-0.15, -0.1) is 0 Å². The monoisotopic (exact) mass is 393 g/mol. The molecule has 6 nitrogen and oxygen atoms in total. The number of halogens is 2. The Bertz CT molecular complexity index is 828. The van der Waals surface area contributed by atoms with Gasteiger partial charge in [-0.1, -0.05) is 6.92 Å². The highest BCUT2D eigenvalue weighted by molar-refractivity contribution is 5.65. The molecule has 0 radical (unpaired) electrons. The summed E-state index contributed by atoms with van der Waals surface area (Å²) in [5.74, 6) is 0.706. The highest BCUT2D eigenvalue weighted by Gasteiger charge is 2.23. The molecule has 1 atom stereocenters. The summed E-state index contributed by atoms with van der Waals surface area (Å²) in [6.07, 6.45) is -0.171. The zero-order chi connectivity index (χ0) is 20.9. The Balaban J connectivity index is 2.03. The number of hydrogen-bond acceptors (Lipinski definition) is 4. The number of pyridine rings is 2. The molecule has 2 aromatic heterocycles. The first-order valence-electron chi connectivity index (χ1n) is 8.92. The van der Waals surface area contributed by atoms with Crippen molar-refractivity contribution in [3.05, 3.63) is 41.9 Å². The first-order chi connectivity index (χ1) is 13.1. The second-order valence-electron chi connectivity index (χ2n) is 7.54. The van der Waals surface area contributed by atoms with Crippen LogP contribution in [0.1, 0.15) is 44.9 Å². The number of aryl methyl sites for hydroxylation is 1. The molecule has 152 valence electrons. The Morgan fingerprint density at radius 1 is 1.32 bits per heavy atom. The molecule has 0 aliphatic carbocycles. The summed E-state index contributed by atoms with van der Waals surface area (Å²) in [6.45, 7) is 7.88. The molecule has 2 N–H and O–H groups in total. The summed E-state index contributed by atoms with van der Waals surface area (Å²) in [5, 5.41) is 11.4. The molecule has 28 heavy (non-hydrogen) atoms. The zero-order valence-corrected chi connectivity index (χ0v) is 16.4. The highest BCUT2D eigenvalue weighted by Crippen LogP contribution is 2.27. The van der Waals surface area contributed by atoms with E-state index < -0.39 is 18.1 Å². The number of hydrogen-bond donors (Lipinski definition) is 2. The van der Waals surface area contributed by atoms with Gasteiger partial charge in [-0.05, 0) is 56.9 Å². The van der Waals surface area contributed by atoms with E-state index in [-0.39, 0.29) is 11.6 Å². The molecule has 2 rings (SSSR count). The van der Waals surface area contributed by atoms with Crippen LogP contribution in [0.2, 0.25) is 0 Å². The minimum atomic E-state index is -2.63. The lowest BCUT2D eigenvalue weighted by Gasteiger charge is -2.28. The number of nitrogens with zero attached hydrogens (tertiary/aromatic N) is 2. The van der Waals surface area contributed by atoms with Gasteiger partial charge in [-0.3, -0.25) is 9.97 Å². The summed E-state index contributed by atoms with van der Waals surface area (Å²) in [4.78, 5) is 18.8. The molecule has 2 heterocycles. The fraction of sp³-hybridized carbons (Fsp3) is 0.450. The Morgan fingerprint density at radius 3 is 2.64 bits per heavy atom. The molecule has 0 aliphatic rings. The predicted octanol–water partition coefficient (Wildman–Crippen LogP) is 4.84. The van der Waals surface area contributed by atoms with Gasteiger partial charge in [-0.2, -0.15) is 0 Å². The Kier molecular flexibility index (Phi) is 6.88. The molecular formula is C20H25F2N3O3. The second-order valence-corrected chi connectivity index (χ2v) is 7.54. The first-order valence-corrected chi connectivity index (χ1v) is 8.92. The Morgan fingerprint density at radius 2 is 2.04 bits per heavy atom. The van der Waals surface area contributed by atoms with Crippen molar-refractivity contribution in [3.63, 3.8) is 0 Å². The molecule has 0 aliphatic heterocycles. The van der Waals surface area contributed by atoms with Gasteiger partial charge in [0.25, 0.3) is 6.43 Å². The number of alkyl halides is 2. The van der Waals surface area contributed by atoms with Crippen LogP contribution in [-0.4, -0.2) is 33.3 Å². The van der Waals surface area contributed by atoms with Crippen molar-refractivity contribution in [1.82, 2.24) is 15.3 Å². The Labute approximate surface area is 163 Å². The number of aromatic nitrogens is 2. The molecule has 2 aromatic rings. The van der Waals surface area contributed by atoms with Gasteiger partial charge in [0.1, 0.15) is 11.4 Å². The second kappa shape index (κ2) is 8.95. The van der Waals surface area contributed by atoms with Crippen LogP contribution in [0.4, 0.5) is 13.6 Å². The molecule has 0 unspecified atom stereocenters. The van der Waals surface area contributed by atoms with E-state index in [0.29, 0.717) is 30.0 Å². The van der Waals surface area contributed by atoms with Crippen molar-refractivity contribution in [3.8, 4) is 17.0 Å². The lowest BCUT2D eigenvalue weighted by atomic mass is 9.92. The number of amides is 1. The van der Waals surface area contributed by atoms with Gasteiger partial charge in [0.05, 0.1) is 18.5 Å². The summed E-state index contributed by atoms with van der Waals surface area (Å²) in [7, 11) is 0. The maximum atomic E-state index is 12.8. The SMILES string of the molecule is Cc1cc(-c2ccnc(C(F)F)c2)ncc1OC[C@@H](C)CC(C)(C)NC(=O)O. The molecule has 0 spiro atoms. The van der Waals surface area contributed by atoms with E-state index in [1.807, 2.05) is 27.7 Å². The van der Waals surface area contributed by atoms with E-state index in [1.165, 1.54) is 12.3 Å². The van der Waals surface area contributed by atoms with Gasteiger partial charge < -0.3 is 15.2 Å². The lowest BCUT2D eigenvalue weighted by molar-refractivity contribution is 0.146. The third-order valence-electron chi connectivity index (χ3n) is 4.19. The van der Waals surface area contributed by atoms with Crippen LogP contribution < -0.4 is 10.1 Å². The first kappa shape index (κ1) is 21.5. The quantitative estimate of drug-likeness (QED) is 0.670. The third kappa shape index (κ3) is 6.14. The number of carboxylic acid groups (broad SMARTS) is 1. The van der Waals surface area contributed by atoms with Crippen LogP contribution in [0, 0.1) is 12.8 Å². The average molecular weight is 393 g/mol. The fourth-order valence-corrected chi connectivity index (χ4v) is 3.08. The van der Waals surface area contributed by atoms with Crippen LogP contribution in [0.3, 0.4) is 0 Å². The highest BCUT2D eigenvalue weighted by atomic mass is 19.3. The summed E-state index contributed by atoms with van der Waals surface area (Å²) in [5.41, 5.74) is 1.11. The van der Waals surface area contributed by atoms with Crippen LogP contribution in [0.5, 0.6) is 5.75 Å². The van der Waals surface area contributed by atoms with Crippen LogP contribution in [0.15, 0.2) is 30.6 Å². The number of ether oxygens (including phenoxy) is 1. The van der Waals surface area contributed by atoms with E-state index in [0.717, 1.165) is 5.56 Å². The van der Waals surface area contributed by atoms with Crippen molar-refractivity contribution in [2.24, 2.45) is 5.92 Å². The van der Waals surface area contributed by atoms with Crippen LogP contribution >= 0.6 is 0 Å². The van der Waals surface area contributed by atoms with Gasteiger partial charge in [0, 0.05) is 17.3 Å². The smallest absolute Gasteiger partial charge is 0.405 e. The normalized spacial score (nSPS) is 12.7. The molecule has 0 saturated heterocycles. The molecule has 1 amide bonds. The standard InChI is InChI=1S/C20H25F2N3O3/c1-12(9-20(3,4)25-19(26)27)11-28-17-10-24-15(7-13(17)2)14-5-6-23-16(8-14)18(21)22/h5-8,10,12,18,25H,9,11H2,1-4H3,(H,26,27)/t12-/m0/s1. The van der Waals surface area contributed by atoms with E-state index in [4.69, 9.17) is 9.84 Å². The largest absolute Gasteiger partial charge is 0.491 e. The maximum absolute atomic E-state index is 12.8. The minimum absolute atomic E-state index is 0.106. The van der Waals surface area contributed by atoms with Crippen molar-refractivity contribution in [1.29, 1.82) is 0 Å². The topological polar surface area (TPSA) is 84.3 Å². The van der Waals surface area contributed by atoms with Crippen molar-refractivity contribution in [2.75, 3.05) is 6.61 Å². The molecule has 0 fully saturated rings. The van der Waals surface area contributed by atoms with Gasteiger partial charge in [-0.25, -0.2) is 13.6 Å². The zero-order valence-electron chi connectivity index (χ0n) is 16.4. The summed E-state index contributed by atoms with van der Waals surface area (Å²) in [6, 6.07) is 4.74. The van der Waals surface area contributed by atoms with Gasteiger partial charge in [0.15, 0.2) is 0 Å². The fourth-order valence-electron chi connectivity index (χ4n) is 3.08. The molecule has 8 heteroatoms. The van der Waals surface area contributed by atoms with Gasteiger partial charge >= 0.3 is 6.09 Å². The van der Waals surface area contributed by atoms with Gasteiger partial charge in [0.2, 0.25) is 0 Å². The molecule has 0 saturated carbocycles. The summed E-state index contributed by atoms with van der Waals surface area (Å²) < 4.78 is 31.5. The Hall–Kier alpha value is -2.77. The minimum Gasteiger partial charge on any atom is -0.491 e. The number of carbonyl (C=O) groups is 1. The van der Waals surface area contributed by atoms with E-state index in [9.17, 15) is 13.6 Å². The lowest BCUT2D eigenvalue weighted by Crippen LogP contribution is -2.44. The average Bonchev–Trinajstić information content (AvgIpc) is 2.59. The number of rotatable bonds is 8. The number of nitrogens with one attached hydrogen (secondary N) is 1. The summed E-state index contributed by atoms with van der Waals surface area (Å²) >= 11 is 0. The molecular weight excluding hydrogens is 368 g/mol. The van der Waals surface area contributed by atoms with E-state index in [2.05, 4.69) is 15.3 Å². The van der Waals surface area contributed by atoms with E-state index >= 15 is 0 Å². The van der Waals surface area contributed by atoms with Crippen molar-refractivity contribution < 1.29 is 23.4 Å². The maximum Gasteiger partial charge on any atom is 0.405 e. The van der Waals surface area contributed by atoms with E-state index in [1.54, 1.807) is 18.3 Å². The van der Waals surface area contributed by atoms with Crippen molar-refractivity contribution in [2.45, 2.75) is 46.1 Å². The van der Waals surface area contributed by atoms with Crippen LogP contribution in [-0.2, 0) is 0 Å². The predicted molar refractivity (Wildman–Crippen MR) is 102 cm³/mol. The molecule has 0 bridgehead atoms. The van der Waals surface area contributed by atoms with Crippen molar-refractivity contribution >= 4 is 6.09 Å².